The van der Waals surface area contributed by atoms with Gasteiger partial charge < -0.3 is 20.6 Å². The van der Waals surface area contributed by atoms with Gasteiger partial charge in [-0.1, -0.05) is 12.1 Å². The maximum atomic E-state index is 12.3. The third-order valence-electron chi connectivity index (χ3n) is 4.59. The molecule has 3 rings (SSSR count). The number of carbonyl (C=O) groups excluding carboxylic acids is 2. The van der Waals surface area contributed by atoms with Crippen molar-refractivity contribution in [3.63, 3.8) is 0 Å². The molecule has 0 saturated carbocycles. The quantitative estimate of drug-likeness (QED) is 0.756. The number of aliphatic carboxylic acids is 1. The molecule has 2 atom stereocenters. The van der Waals surface area contributed by atoms with Crippen molar-refractivity contribution in [3.8, 4) is 0 Å². The van der Waals surface area contributed by atoms with Crippen LogP contribution in [0, 0.1) is 0 Å². The number of benzene rings is 1. The Morgan fingerprint density at radius 1 is 1.26 bits per heavy atom. The van der Waals surface area contributed by atoms with Gasteiger partial charge in [0.2, 0.25) is 5.91 Å². The van der Waals surface area contributed by atoms with Gasteiger partial charge in [-0.2, -0.15) is 0 Å². The molecule has 7 heteroatoms. The molecule has 1 saturated heterocycles. The van der Waals surface area contributed by atoms with Crippen LogP contribution in [0.15, 0.2) is 24.3 Å². The topological polar surface area (TPSA) is 98.7 Å². The van der Waals surface area contributed by atoms with E-state index >= 15 is 0 Å². The van der Waals surface area contributed by atoms with Gasteiger partial charge in [0.15, 0.2) is 0 Å². The minimum absolute atomic E-state index is 0.175. The highest BCUT2D eigenvalue weighted by Crippen LogP contribution is 2.31. The Balaban J connectivity index is 1.84. The van der Waals surface area contributed by atoms with Gasteiger partial charge >= 0.3 is 5.97 Å². The number of rotatable bonds is 2. The number of likely N-dealkylation sites (tertiary alicyclic amines) is 1. The molecule has 2 aliphatic heterocycles. The Hall–Kier alpha value is -2.57. The summed E-state index contributed by atoms with van der Waals surface area (Å²) >= 11 is 0. The van der Waals surface area contributed by atoms with Crippen molar-refractivity contribution in [3.05, 3.63) is 29.8 Å². The Bertz CT molecular complexity index is 675. The van der Waals surface area contributed by atoms with Crippen LogP contribution >= 0.6 is 0 Å². The lowest BCUT2D eigenvalue weighted by molar-refractivity contribution is -0.149. The van der Waals surface area contributed by atoms with Crippen molar-refractivity contribution in [1.82, 2.24) is 10.2 Å². The number of nitrogens with one attached hydrogen (secondary N) is 2. The number of amides is 2. The van der Waals surface area contributed by atoms with E-state index in [2.05, 4.69) is 10.6 Å². The molecule has 1 aromatic carbocycles. The summed E-state index contributed by atoms with van der Waals surface area (Å²) in [5, 5.41) is 15.4. The lowest BCUT2D eigenvalue weighted by atomic mass is 9.95. The minimum atomic E-state index is -1.03. The number of nitrogens with zero attached hydrogens (tertiary/aromatic N) is 1. The van der Waals surface area contributed by atoms with E-state index in [1.165, 1.54) is 11.8 Å². The first-order valence-electron chi connectivity index (χ1n) is 7.64. The zero-order chi connectivity index (χ0) is 16.6. The lowest BCUT2D eigenvalue weighted by Gasteiger charge is -2.40. The Labute approximate surface area is 133 Å². The van der Waals surface area contributed by atoms with Gasteiger partial charge in [-0.15, -0.1) is 0 Å². The first-order chi connectivity index (χ1) is 10.9. The molecule has 1 fully saturated rings. The molecule has 0 aromatic heterocycles. The standard InChI is InChI=1S/C16H19N3O4/c1-10(15(22)23)19-9-8-16(7-6-13(19)20)17-12-5-3-2-4-11(12)14(21)18-16/h2-5,10,17H,6-9H2,1H3,(H,18,21)(H,22,23)/t10-,16+/m1/s1. The molecular weight excluding hydrogens is 298 g/mol. The zero-order valence-corrected chi connectivity index (χ0v) is 12.8. The van der Waals surface area contributed by atoms with Gasteiger partial charge in [-0.3, -0.25) is 9.59 Å². The van der Waals surface area contributed by atoms with E-state index in [0.717, 1.165) is 5.69 Å². The van der Waals surface area contributed by atoms with Crippen LogP contribution in [0.1, 0.15) is 36.5 Å². The molecule has 1 spiro atoms. The fourth-order valence-corrected chi connectivity index (χ4v) is 3.18. The summed E-state index contributed by atoms with van der Waals surface area (Å²) in [5.41, 5.74) is 0.599. The minimum Gasteiger partial charge on any atom is -0.480 e. The van der Waals surface area contributed by atoms with Crippen LogP contribution in [0.2, 0.25) is 0 Å². The third-order valence-corrected chi connectivity index (χ3v) is 4.59. The monoisotopic (exact) mass is 317 g/mol. The molecule has 1 aromatic rings. The molecular formula is C16H19N3O4. The van der Waals surface area contributed by atoms with Crippen LogP contribution in [0.4, 0.5) is 5.69 Å². The van der Waals surface area contributed by atoms with Crippen LogP contribution in [0.25, 0.3) is 0 Å². The lowest BCUT2D eigenvalue weighted by Crippen LogP contribution is -2.58. The maximum Gasteiger partial charge on any atom is 0.326 e. The normalized spacial score (nSPS) is 25.2. The van der Waals surface area contributed by atoms with E-state index in [9.17, 15) is 14.4 Å². The number of para-hydroxylation sites is 1. The fourth-order valence-electron chi connectivity index (χ4n) is 3.18. The maximum absolute atomic E-state index is 12.3. The average molecular weight is 317 g/mol. The number of fused-ring (bicyclic) bond motifs is 1. The van der Waals surface area contributed by atoms with E-state index in [4.69, 9.17) is 5.11 Å². The summed E-state index contributed by atoms with van der Waals surface area (Å²) < 4.78 is 0. The molecule has 0 aliphatic carbocycles. The number of anilines is 1. The summed E-state index contributed by atoms with van der Waals surface area (Å²) in [6, 6.07) is 6.35. The van der Waals surface area contributed by atoms with Crippen molar-refractivity contribution in [2.45, 2.75) is 37.9 Å². The first kappa shape index (κ1) is 15.3. The molecule has 3 N–H and O–H groups in total. The smallest absolute Gasteiger partial charge is 0.326 e. The first-order valence-corrected chi connectivity index (χ1v) is 7.64. The molecule has 7 nitrogen and oxygen atoms in total. The van der Waals surface area contributed by atoms with Crippen LogP contribution in [0.5, 0.6) is 0 Å². The van der Waals surface area contributed by atoms with Crippen LogP contribution < -0.4 is 10.6 Å². The van der Waals surface area contributed by atoms with Crippen molar-refractivity contribution in [2.24, 2.45) is 0 Å². The highest BCUT2D eigenvalue weighted by Gasteiger charge is 2.41. The average Bonchev–Trinajstić information content (AvgIpc) is 2.67. The highest BCUT2D eigenvalue weighted by atomic mass is 16.4. The predicted octanol–water partition coefficient (Wildman–Crippen LogP) is 1.02. The molecule has 122 valence electrons. The van der Waals surface area contributed by atoms with E-state index in [1.807, 2.05) is 12.1 Å². The van der Waals surface area contributed by atoms with E-state index in [0.29, 0.717) is 18.4 Å². The van der Waals surface area contributed by atoms with Gasteiger partial charge in [-0.05, 0) is 25.5 Å². The third kappa shape index (κ3) is 2.74. The summed E-state index contributed by atoms with van der Waals surface area (Å²) in [4.78, 5) is 37.1. The molecule has 2 amide bonds. The molecule has 23 heavy (non-hydrogen) atoms. The zero-order valence-electron chi connectivity index (χ0n) is 12.8. The number of hydrogen-bond donors (Lipinski definition) is 3. The summed E-state index contributed by atoms with van der Waals surface area (Å²) in [7, 11) is 0. The van der Waals surface area contributed by atoms with Gasteiger partial charge in [0.1, 0.15) is 11.7 Å². The largest absolute Gasteiger partial charge is 0.480 e. The van der Waals surface area contributed by atoms with Crippen molar-refractivity contribution >= 4 is 23.5 Å². The summed E-state index contributed by atoms with van der Waals surface area (Å²) in [5.74, 6) is -1.40. The molecule has 2 aliphatic rings. The number of hydrogen-bond acceptors (Lipinski definition) is 4. The summed E-state index contributed by atoms with van der Waals surface area (Å²) in [6.07, 6.45) is 1.07. The van der Waals surface area contributed by atoms with E-state index in [-0.39, 0.29) is 24.8 Å². The second-order valence-corrected chi connectivity index (χ2v) is 6.06. The Morgan fingerprint density at radius 3 is 2.74 bits per heavy atom. The highest BCUT2D eigenvalue weighted by molar-refractivity contribution is 6.02. The Kier molecular flexibility index (Phi) is 3.71. The van der Waals surface area contributed by atoms with Gasteiger partial charge in [0.25, 0.3) is 5.91 Å². The summed E-state index contributed by atoms with van der Waals surface area (Å²) in [6.45, 7) is 1.78. The van der Waals surface area contributed by atoms with Crippen molar-refractivity contribution < 1.29 is 19.5 Å². The SMILES string of the molecule is C[C@H](C(=O)O)N1CC[C@]2(CCC1=O)NC(=O)c1ccccc1N2. The van der Waals surface area contributed by atoms with Crippen LogP contribution in [0.3, 0.4) is 0 Å². The van der Waals surface area contributed by atoms with Crippen molar-refractivity contribution in [2.75, 3.05) is 11.9 Å². The van der Waals surface area contributed by atoms with Crippen molar-refractivity contribution in [1.29, 1.82) is 0 Å². The van der Waals surface area contributed by atoms with Gasteiger partial charge in [-0.25, -0.2) is 4.79 Å². The number of carboxylic acids is 1. The van der Waals surface area contributed by atoms with E-state index < -0.39 is 17.7 Å². The molecule has 0 unspecified atom stereocenters. The number of carboxylic acid groups (broad SMARTS) is 1. The molecule has 0 radical (unpaired) electrons. The van der Waals surface area contributed by atoms with Crippen LogP contribution in [-0.4, -0.2) is 46.0 Å². The Morgan fingerprint density at radius 2 is 2.00 bits per heavy atom. The second-order valence-electron chi connectivity index (χ2n) is 6.06. The van der Waals surface area contributed by atoms with Gasteiger partial charge in [0.05, 0.1) is 5.56 Å². The van der Waals surface area contributed by atoms with Crippen LogP contribution in [-0.2, 0) is 9.59 Å². The van der Waals surface area contributed by atoms with E-state index in [1.54, 1.807) is 12.1 Å². The molecule has 0 bridgehead atoms. The second kappa shape index (κ2) is 5.57. The number of carbonyl (C=O) groups is 3. The fraction of sp³-hybridized carbons (Fsp3) is 0.438. The molecule has 2 heterocycles. The van der Waals surface area contributed by atoms with Gasteiger partial charge in [0, 0.05) is 25.1 Å². The predicted molar refractivity (Wildman–Crippen MR) is 82.9 cm³/mol.